The van der Waals surface area contributed by atoms with Gasteiger partial charge in [0.1, 0.15) is 5.56 Å². The average molecular weight is 208 g/mol. The Morgan fingerprint density at radius 3 is 2.53 bits per heavy atom. The van der Waals surface area contributed by atoms with Gasteiger partial charge in [-0.15, -0.1) is 0 Å². The van der Waals surface area contributed by atoms with Gasteiger partial charge < -0.3 is 9.84 Å². The Bertz CT molecular complexity index is 422. The van der Waals surface area contributed by atoms with Gasteiger partial charge in [0.25, 0.3) is 0 Å². The van der Waals surface area contributed by atoms with Crippen LogP contribution in [0.5, 0.6) is 5.75 Å². The lowest BCUT2D eigenvalue weighted by Gasteiger charge is -2.07. The topological polar surface area (TPSA) is 80.7 Å². The van der Waals surface area contributed by atoms with E-state index in [2.05, 4.69) is 4.74 Å². The number of carbonyl (C=O) groups is 3. The lowest BCUT2D eigenvalue weighted by Crippen LogP contribution is -2.09. The molecule has 0 spiro atoms. The van der Waals surface area contributed by atoms with Crippen LogP contribution in [0, 0.1) is 0 Å². The molecule has 5 nitrogen and oxygen atoms in total. The number of aldehydes is 1. The molecule has 0 fully saturated rings. The summed E-state index contributed by atoms with van der Waals surface area (Å²) >= 11 is 0. The van der Waals surface area contributed by atoms with Crippen molar-refractivity contribution in [2.45, 2.75) is 6.92 Å². The number of carbonyl (C=O) groups excluding carboxylic acids is 2. The Kier molecular flexibility index (Phi) is 3.17. The van der Waals surface area contributed by atoms with Gasteiger partial charge in [-0.25, -0.2) is 4.79 Å². The van der Waals surface area contributed by atoms with E-state index in [1.54, 1.807) is 0 Å². The van der Waals surface area contributed by atoms with Gasteiger partial charge in [-0.05, 0) is 12.1 Å². The van der Waals surface area contributed by atoms with Crippen LogP contribution in [0.25, 0.3) is 0 Å². The molecule has 1 N–H and O–H groups in total. The zero-order valence-electron chi connectivity index (χ0n) is 7.89. The third-order valence-electron chi connectivity index (χ3n) is 1.65. The molecule has 0 saturated carbocycles. The van der Waals surface area contributed by atoms with Gasteiger partial charge in [0.15, 0.2) is 12.0 Å². The summed E-state index contributed by atoms with van der Waals surface area (Å²) in [5.74, 6) is -2.14. The second-order valence-electron chi connectivity index (χ2n) is 2.74. The minimum atomic E-state index is -1.25. The minimum Gasteiger partial charge on any atom is -0.478 e. The van der Waals surface area contributed by atoms with Gasteiger partial charge in [0, 0.05) is 6.92 Å². The quantitative estimate of drug-likeness (QED) is 0.457. The molecule has 1 aromatic rings. The molecular formula is C10H8O5. The Labute approximate surface area is 85.3 Å². The van der Waals surface area contributed by atoms with E-state index >= 15 is 0 Å². The SMILES string of the molecule is CC(=O)Oc1c(C=O)cccc1C(=O)O. The van der Waals surface area contributed by atoms with E-state index in [-0.39, 0.29) is 16.9 Å². The van der Waals surface area contributed by atoms with Crippen molar-refractivity contribution in [1.82, 2.24) is 0 Å². The number of benzene rings is 1. The molecule has 0 aliphatic heterocycles. The molecule has 0 aliphatic rings. The summed E-state index contributed by atoms with van der Waals surface area (Å²) in [6.07, 6.45) is 0.435. The van der Waals surface area contributed by atoms with Crippen molar-refractivity contribution in [3.8, 4) is 5.75 Å². The first-order chi connectivity index (χ1) is 7.06. The number of carboxylic acid groups (broad SMARTS) is 1. The summed E-state index contributed by atoms with van der Waals surface area (Å²) in [7, 11) is 0. The second kappa shape index (κ2) is 4.36. The molecule has 0 saturated heterocycles. The Morgan fingerprint density at radius 1 is 1.40 bits per heavy atom. The molecule has 1 aromatic carbocycles. The molecule has 78 valence electrons. The summed E-state index contributed by atoms with van der Waals surface area (Å²) in [5.41, 5.74) is -0.181. The van der Waals surface area contributed by atoms with Crippen molar-refractivity contribution in [2.75, 3.05) is 0 Å². The van der Waals surface area contributed by atoms with Crippen molar-refractivity contribution in [3.63, 3.8) is 0 Å². The molecule has 0 amide bonds. The normalized spacial score (nSPS) is 9.40. The summed E-state index contributed by atoms with van der Waals surface area (Å²) in [6.45, 7) is 1.13. The molecule has 0 aromatic heterocycles. The summed E-state index contributed by atoms with van der Waals surface area (Å²) in [4.78, 5) is 32.1. The van der Waals surface area contributed by atoms with Crippen LogP contribution in [0.3, 0.4) is 0 Å². The molecule has 0 radical (unpaired) electrons. The molecule has 0 aliphatic carbocycles. The summed E-state index contributed by atoms with van der Waals surface area (Å²) < 4.78 is 4.68. The largest absolute Gasteiger partial charge is 0.478 e. The first kappa shape index (κ1) is 10.9. The highest BCUT2D eigenvalue weighted by molar-refractivity contribution is 5.96. The number of aromatic carboxylic acids is 1. The number of hydrogen-bond acceptors (Lipinski definition) is 4. The highest BCUT2D eigenvalue weighted by Gasteiger charge is 2.16. The van der Waals surface area contributed by atoms with E-state index in [4.69, 9.17) is 5.11 Å². The van der Waals surface area contributed by atoms with Gasteiger partial charge in [0.2, 0.25) is 0 Å². The number of para-hydroxylation sites is 1. The lowest BCUT2D eigenvalue weighted by molar-refractivity contribution is -0.131. The maximum Gasteiger partial charge on any atom is 0.339 e. The molecule has 1 rings (SSSR count). The number of hydrogen-bond donors (Lipinski definition) is 1. The Morgan fingerprint density at radius 2 is 2.07 bits per heavy atom. The van der Waals surface area contributed by atoms with E-state index in [0.717, 1.165) is 6.92 Å². The van der Waals surface area contributed by atoms with Crippen LogP contribution in [-0.4, -0.2) is 23.3 Å². The molecule has 5 heteroatoms. The van der Waals surface area contributed by atoms with E-state index in [9.17, 15) is 14.4 Å². The van der Waals surface area contributed by atoms with Gasteiger partial charge >= 0.3 is 11.9 Å². The monoisotopic (exact) mass is 208 g/mol. The number of rotatable bonds is 3. The van der Waals surface area contributed by atoms with Crippen molar-refractivity contribution in [2.24, 2.45) is 0 Å². The summed E-state index contributed by atoms with van der Waals surface area (Å²) in [6, 6.07) is 4.03. The van der Waals surface area contributed by atoms with Crippen LogP contribution < -0.4 is 4.74 Å². The average Bonchev–Trinajstić information content (AvgIpc) is 2.16. The van der Waals surface area contributed by atoms with Gasteiger partial charge in [-0.2, -0.15) is 0 Å². The molecule has 15 heavy (non-hydrogen) atoms. The van der Waals surface area contributed by atoms with Crippen LogP contribution >= 0.6 is 0 Å². The van der Waals surface area contributed by atoms with Crippen LogP contribution in [0.2, 0.25) is 0 Å². The minimum absolute atomic E-state index is 0.0325. The number of ether oxygens (including phenoxy) is 1. The zero-order valence-corrected chi connectivity index (χ0v) is 7.89. The van der Waals surface area contributed by atoms with Gasteiger partial charge in [-0.3, -0.25) is 9.59 Å². The van der Waals surface area contributed by atoms with Crippen molar-refractivity contribution < 1.29 is 24.2 Å². The lowest BCUT2D eigenvalue weighted by atomic mass is 10.1. The number of esters is 1. The Hall–Kier alpha value is -2.17. The van der Waals surface area contributed by atoms with E-state index in [1.165, 1.54) is 18.2 Å². The molecule has 0 atom stereocenters. The molecule has 0 unspecified atom stereocenters. The van der Waals surface area contributed by atoms with Crippen LogP contribution in [0.4, 0.5) is 0 Å². The smallest absolute Gasteiger partial charge is 0.339 e. The molecule has 0 heterocycles. The Balaban J connectivity index is 3.32. The van der Waals surface area contributed by atoms with Gasteiger partial charge in [-0.1, -0.05) is 6.07 Å². The van der Waals surface area contributed by atoms with Gasteiger partial charge in [0.05, 0.1) is 5.56 Å². The maximum atomic E-state index is 10.8. The maximum absolute atomic E-state index is 10.8. The predicted octanol–water partition coefficient (Wildman–Crippen LogP) is 1.12. The predicted molar refractivity (Wildman–Crippen MR) is 50.1 cm³/mol. The highest BCUT2D eigenvalue weighted by Crippen LogP contribution is 2.22. The van der Waals surface area contributed by atoms with Crippen LogP contribution in [0.1, 0.15) is 27.6 Å². The van der Waals surface area contributed by atoms with Crippen LogP contribution in [-0.2, 0) is 4.79 Å². The molecule has 0 bridgehead atoms. The van der Waals surface area contributed by atoms with E-state index in [0.29, 0.717) is 6.29 Å². The van der Waals surface area contributed by atoms with Crippen LogP contribution in [0.15, 0.2) is 18.2 Å². The van der Waals surface area contributed by atoms with Crippen molar-refractivity contribution in [3.05, 3.63) is 29.3 Å². The van der Waals surface area contributed by atoms with Crippen molar-refractivity contribution >= 4 is 18.2 Å². The fraction of sp³-hybridized carbons (Fsp3) is 0.100. The molecular weight excluding hydrogens is 200 g/mol. The fourth-order valence-corrected chi connectivity index (χ4v) is 1.07. The fourth-order valence-electron chi connectivity index (χ4n) is 1.07. The zero-order chi connectivity index (χ0) is 11.4. The first-order valence-corrected chi connectivity index (χ1v) is 4.06. The highest BCUT2D eigenvalue weighted by atomic mass is 16.5. The van der Waals surface area contributed by atoms with E-state index < -0.39 is 11.9 Å². The third kappa shape index (κ3) is 2.40. The third-order valence-corrected chi connectivity index (χ3v) is 1.65. The first-order valence-electron chi connectivity index (χ1n) is 4.06. The van der Waals surface area contributed by atoms with E-state index in [1.807, 2.05) is 0 Å². The summed E-state index contributed by atoms with van der Waals surface area (Å²) in [5, 5.41) is 8.79. The number of carboxylic acids is 1. The standard InChI is InChI=1S/C10H8O5/c1-6(12)15-9-7(5-11)3-2-4-8(9)10(13)14/h2-5H,1H3,(H,13,14). The van der Waals surface area contributed by atoms with Crippen molar-refractivity contribution in [1.29, 1.82) is 0 Å². The second-order valence-corrected chi connectivity index (χ2v) is 2.74.